The molecule has 1 unspecified atom stereocenters. The molecule has 0 N–H and O–H groups in total. The molecule has 0 aromatic heterocycles. The van der Waals surface area contributed by atoms with Gasteiger partial charge in [0.1, 0.15) is 0 Å². The molecule has 6 heavy (non-hydrogen) atoms. The quantitative estimate of drug-likeness (QED) is 0.300. The van der Waals surface area contributed by atoms with Crippen molar-refractivity contribution in [3.05, 3.63) is 12.7 Å². The molecule has 0 bridgehead atoms. The van der Waals surface area contributed by atoms with Crippen molar-refractivity contribution < 1.29 is 34.8 Å². The van der Waals surface area contributed by atoms with Crippen LogP contribution in [-0.4, -0.2) is 6.16 Å². The summed E-state index contributed by atoms with van der Waals surface area (Å²) >= 11 is 0. The van der Waals surface area contributed by atoms with Crippen molar-refractivity contribution >= 4 is 9.24 Å². The summed E-state index contributed by atoms with van der Waals surface area (Å²) in [6.45, 7) is 3.46. The van der Waals surface area contributed by atoms with E-state index in [0.29, 0.717) is 0 Å². The van der Waals surface area contributed by atoms with Crippen molar-refractivity contribution in [2.24, 2.45) is 0 Å². The third-order valence-electron chi connectivity index (χ3n) is 0.167. The van der Waals surface area contributed by atoms with Crippen molar-refractivity contribution in [3.8, 4) is 0 Å². The van der Waals surface area contributed by atoms with E-state index in [1.807, 2.05) is 6.08 Å². The maximum Gasteiger partial charge on any atom is 1.00 e. The molecule has 0 spiro atoms. The van der Waals surface area contributed by atoms with E-state index >= 15 is 0 Å². The minimum atomic E-state index is 0. The van der Waals surface area contributed by atoms with Crippen LogP contribution in [-0.2, 0) is 22.4 Å². The van der Waals surface area contributed by atoms with Gasteiger partial charge in [-0.15, -0.1) is 15.8 Å². The van der Waals surface area contributed by atoms with Gasteiger partial charge in [0.2, 0.25) is 0 Å². The molecule has 0 aliphatic heterocycles. The van der Waals surface area contributed by atoms with E-state index in [9.17, 15) is 0 Å². The topological polar surface area (TPSA) is 0 Å². The van der Waals surface area contributed by atoms with Gasteiger partial charge in [-0.1, -0.05) is 6.08 Å². The van der Waals surface area contributed by atoms with Crippen molar-refractivity contribution in [3.63, 3.8) is 0 Å². The fourth-order valence-corrected chi connectivity index (χ4v) is 0. The van der Waals surface area contributed by atoms with Crippen LogP contribution in [0.5, 0.6) is 0 Å². The fourth-order valence-electron chi connectivity index (χ4n) is 0. The molecule has 0 saturated heterocycles. The Morgan fingerprint density at radius 2 is 1.83 bits per heavy atom. The number of hydrogen-bond acceptors (Lipinski definition) is 0. The predicted octanol–water partition coefficient (Wildman–Crippen LogP) is -1.95. The zero-order valence-corrected chi connectivity index (χ0v) is 7.33. The molecule has 0 aliphatic carbocycles. The molecule has 1 atom stereocenters. The average molecular weight is 306 g/mol. The standard InChI is InChI=1S/C3H7P.Au.ClH/c1-2-3-4;;/h2H,1,3-4H2;;1H/q;+1;/p-1. The van der Waals surface area contributed by atoms with Crippen LogP contribution in [0.1, 0.15) is 0 Å². The first-order valence-corrected chi connectivity index (χ1v) is 2.04. The van der Waals surface area contributed by atoms with E-state index in [-0.39, 0.29) is 34.8 Å². The fraction of sp³-hybridized carbons (Fsp3) is 0.333. The Morgan fingerprint density at radius 1 is 1.67 bits per heavy atom. The summed E-state index contributed by atoms with van der Waals surface area (Å²) in [5, 5.41) is 0. The Balaban J connectivity index is -0.0000000450. The van der Waals surface area contributed by atoms with Gasteiger partial charge in [0.05, 0.1) is 0 Å². The van der Waals surface area contributed by atoms with Crippen LogP contribution >= 0.6 is 9.24 Å². The maximum absolute atomic E-state index is 3.46. The minimum Gasteiger partial charge on any atom is -1.00 e. The average Bonchev–Trinajstić information content (AvgIpc) is 1.37. The summed E-state index contributed by atoms with van der Waals surface area (Å²) in [6.07, 6.45) is 2.84. The molecule has 0 aliphatic rings. The number of allylic oxidation sites excluding steroid dienone is 1. The zero-order valence-electron chi connectivity index (χ0n) is 3.25. The van der Waals surface area contributed by atoms with Gasteiger partial charge in [0.25, 0.3) is 0 Å². The van der Waals surface area contributed by atoms with Crippen molar-refractivity contribution in [1.82, 2.24) is 0 Å². The van der Waals surface area contributed by atoms with Crippen molar-refractivity contribution in [2.45, 2.75) is 0 Å². The monoisotopic (exact) mass is 306 g/mol. The van der Waals surface area contributed by atoms with E-state index in [0.717, 1.165) is 6.16 Å². The molecule has 0 radical (unpaired) electrons. The number of halogens is 1. The van der Waals surface area contributed by atoms with Gasteiger partial charge in [-0.25, -0.2) is 0 Å². The summed E-state index contributed by atoms with van der Waals surface area (Å²) in [4.78, 5) is 0. The zero-order chi connectivity index (χ0) is 3.41. The van der Waals surface area contributed by atoms with Gasteiger partial charge in [-0.3, -0.25) is 0 Å². The van der Waals surface area contributed by atoms with Crippen LogP contribution in [0.3, 0.4) is 0 Å². The van der Waals surface area contributed by atoms with Crippen LogP contribution in [0.15, 0.2) is 12.7 Å². The smallest absolute Gasteiger partial charge is 1.00 e. The molecule has 0 aromatic carbocycles. The van der Waals surface area contributed by atoms with Crippen molar-refractivity contribution in [2.75, 3.05) is 6.16 Å². The second-order valence-electron chi connectivity index (χ2n) is 0.524. The van der Waals surface area contributed by atoms with Crippen LogP contribution in [0.2, 0.25) is 0 Å². The second kappa shape index (κ2) is 16.4. The molecule has 0 amide bonds. The molecule has 0 rings (SSSR count). The van der Waals surface area contributed by atoms with Crippen LogP contribution in [0, 0.1) is 0 Å². The molecular formula is C3H7AuClP. The van der Waals surface area contributed by atoms with Crippen molar-refractivity contribution in [1.29, 1.82) is 0 Å². The number of hydrogen-bond donors (Lipinski definition) is 0. The molecule has 42 valence electrons. The Hall–Kier alpha value is 1.20. The molecule has 0 fully saturated rings. The Bertz CT molecular complexity index is 24.8. The first-order valence-electron chi connectivity index (χ1n) is 1.22. The third kappa shape index (κ3) is 19.0. The molecule has 0 nitrogen and oxygen atoms in total. The SMILES string of the molecule is C=CCP.[Au+].[Cl-]. The second-order valence-corrected chi connectivity index (χ2v) is 0.996. The molecule has 3 heteroatoms. The van der Waals surface area contributed by atoms with Gasteiger partial charge >= 0.3 is 22.4 Å². The van der Waals surface area contributed by atoms with E-state index in [1.165, 1.54) is 0 Å². The van der Waals surface area contributed by atoms with Crippen LogP contribution in [0.4, 0.5) is 0 Å². The molecule has 0 aromatic rings. The van der Waals surface area contributed by atoms with Gasteiger partial charge in [0.15, 0.2) is 0 Å². The molecule has 0 heterocycles. The summed E-state index contributed by atoms with van der Waals surface area (Å²) in [6, 6.07) is 0. The van der Waals surface area contributed by atoms with Gasteiger partial charge in [-0.05, 0) is 6.16 Å². The van der Waals surface area contributed by atoms with E-state index < -0.39 is 0 Å². The first kappa shape index (κ1) is 15.7. The van der Waals surface area contributed by atoms with Crippen LogP contribution in [0.25, 0.3) is 0 Å². The van der Waals surface area contributed by atoms with E-state index in [4.69, 9.17) is 0 Å². The summed E-state index contributed by atoms with van der Waals surface area (Å²) in [5.74, 6) is 0. The summed E-state index contributed by atoms with van der Waals surface area (Å²) in [7, 11) is 2.54. The maximum atomic E-state index is 3.46. The Labute approximate surface area is 62.9 Å². The Kier molecular flexibility index (Phi) is 42.8. The van der Waals surface area contributed by atoms with E-state index in [1.54, 1.807) is 0 Å². The van der Waals surface area contributed by atoms with Gasteiger partial charge in [0, 0.05) is 0 Å². The van der Waals surface area contributed by atoms with Gasteiger partial charge < -0.3 is 12.4 Å². The largest absolute Gasteiger partial charge is 1.00 e. The molecule has 0 saturated carbocycles. The predicted molar refractivity (Wildman–Crippen MR) is 24.8 cm³/mol. The summed E-state index contributed by atoms with van der Waals surface area (Å²) < 4.78 is 0. The summed E-state index contributed by atoms with van der Waals surface area (Å²) in [5.41, 5.74) is 0. The Morgan fingerprint density at radius 3 is 1.83 bits per heavy atom. The van der Waals surface area contributed by atoms with E-state index in [2.05, 4.69) is 15.8 Å². The normalized spacial score (nSPS) is 4.17. The molecular weight excluding hydrogens is 299 g/mol. The number of rotatable bonds is 1. The van der Waals surface area contributed by atoms with Gasteiger partial charge in [-0.2, -0.15) is 0 Å². The van der Waals surface area contributed by atoms with Crippen LogP contribution < -0.4 is 12.4 Å². The first-order chi connectivity index (χ1) is 1.91. The third-order valence-corrected chi connectivity index (χ3v) is 0.500. The minimum absolute atomic E-state index is 0.